The summed E-state index contributed by atoms with van der Waals surface area (Å²) in [6.45, 7) is 0. The largest absolute Gasteiger partial charge is 0.259 e. The maximum atomic E-state index is 8.40. The van der Waals surface area contributed by atoms with E-state index in [0.717, 1.165) is 5.03 Å². The van der Waals surface area contributed by atoms with Crippen molar-refractivity contribution in [1.29, 1.82) is 5.26 Å². The fraction of sp³-hybridized carbons (Fsp3) is 0.167. The van der Waals surface area contributed by atoms with Gasteiger partial charge in [0.2, 0.25) is 0 Å². The predicted octanol–water partition coefficient (Wildman–Crippen LogP) is 1.07. The highest BCUT2D eigenvalue weighted by Gasteiger charge is 1.93. The Labute approximate surface area is 63.1 Å². The minimum absolute atomic E-state index is 0.367. The van der Waals surface area contributed by atoms with Crippen molar-refractivity contribution in [2.45, 2.75) is 5.03 Å². The summed E-state index contributed by atoms with van der Waals surface area (Å²) in [7, 11) is 0. The van der Waals surface area contributed by atoms with E-state index in [1.54, 1.807) is 6.20 Å². The van der Waals surface area contributed by atoms with Crippen molar-refractivity contribution < 1.29 is 0 Å². The van der Waals surface area contributed by atoms with Gasteiger partial charge in [-0.05, 0) is 6.26 Å². The van der Waals surface area contributed by atoms with Gasteiger partial charge in [0.05, 0.1) is 12.4 Å². The lowest BCUT2D eigenvalue weighted by Crippen LogP contribution is -1.85. The molecule has 0 radical (unpaired) electrons. The van der Waals surface area contributed by atoms with Gasteiger partial charge in [-0.2, -0.15) is 5.26 Å². The topological polar surface area (TPSA) is 49.6 Å². The van der Waals surface area contributed by atoms with E-state index in [0.29, 0.717) is 5.69 Å². The third-order valence-corrected chi connectivity index (χ3v) is 1.55. The molecule has 10 heavy (non-hydrogen) atoms. The van der Waals surface area contributed by atoms with Crippen LogP contribution in [-0.2, 0) is 0 Å². The molecule has 0 N–H and O–H groups in total. The van der Waals surface area contributed by atoms with E-state index in [4.69, 9.17) is 5.26 Å². The van der Waals surface area contributed by atoms with E-state index in [1.807, 2.05) is 12.3 Å². The number of nitriles is 1. The number of hydrogen-bond donors (Lipinski definition) is 0. The summed E-state index contributed by atoms with van der Waals surface area (Å²) in [5.41, 5.74) is 0.367. The van der Waals surface area contributed by atoms with Crippen molar-refractivity contribution in [3.05, 3.63) is 18.1 Å². The zero-order chi connectivity index (χ0) is 7.40. The number of hydrogen-bond acceptors (Lipinski definition) is 4. The number of nitrogens with zero attached hydrogens (tertiary/aromatic N) is 3. The van der Waals surface area contributed by atoms with Crippen LogP contribution in [0.25, 0.3) is 0 Å². The van der Waals surface area contributed by atoms with Crippen LogP contribution in [0.2, 0.25) is 0 Å². The maximum Gasteiger partial charge on any atom is 0.160 e. The lowest BCUT2D eigenvalue weighted by Gasteiger charge is -1.91. The molecular weight excluding hydrogens is 146 g/mol. The quantitative estimate of drug-likeness (QED) is 0.563. The highest BCUT2D eigenvalue weighted by Crippen LogP contribution is 2.08. The molecule has 1 rings (SSSR count). The fourth-order valence-electron chi connectivity index (χ4n) is 0.500. The normalized spacial score (nSPS) is 8.80. The van der Waals surface area contributed by atoms with E-state index in [2.05, 4.69) is 9.97 Å². The van der Waals surface area contributed by atoms with Crippen LogP contribution >= 0.6 is 11.8 Å². The first-order chi connectivity index (χ1) is 4.86. The molecule has 0 spiro atoms. The molecule has 0 aliphatic heterocycles. The summed E-state index contributed by atoms with van der Waals surface area (Å²) >= 11 is 1.47. The molecular formula is C6H5N3S. The summed E-state index contributed by atoms with van der Waals surface area (Å²) < 4.78 is 0. The molecule has 0 bridgehead atoms. The predicted molar refractivity (Wildman–Crippen MR) is 38.5 cm³/mol. The van der Waals surface area contributed by atoms with E-state index < -0.39 is 0 Å². The van der Waals surface area contributed by atoms with Crippen LogP contribution in [0.15, 0.2) is 17.4 Å². The van der Waals surface area contributed by atoms with Gasteiger partial charge >= 0.3 is 0 Å². The third-order valence-electron chi connectivity index (χ3n) is 0.936. The molecule has 0 amide bonds. The van der Waals surface area contributed by atoms with E-state index >= 15 is 0 Å². The molecule has 50 valence electrons. The minimum atomic E-state index is 0.367. The molecule has 0 aliphatic rings. The Morgan fingerprint density at radius 2 is 2.40 bits per heavy atom. The van der Waals surface area contributed by atoms with Crippen molar-refractivity contribution in [1.82, 2.24) is 9.97 Å². The van der Waals surface area contributed by atoms with E-state index in [-0.39, 0.29) is 0 Å². The van der Waals surface area contributed by atoms with Gasteiger partial charge in [0, 0.05) is 0 Å². The van der Waals surface area contributed by atoms with Gasteiger partial charge < -0.3 is 0 Å². The lowest BCUT2D eigenvalue weighted by molar-refractivity contribution is 1.03. The second-order valence-corrected chi connectivity index (χ2v) is 2.39. The fourth-order valence-corrected chi connectivity index (χ4v) is 0.856. The Kier molecular flexibility index (Phi) is 2.24. The van der Waals surface area contributed by atoms with Gasteiger partial charge in [0.25, 0.3) is 0 Å². The van der Waals surface area contributed by atoms with Crippen LogP contribution < -0.4 is 0 Å². The van der Waals surface area contributed by atoms with Crippen LogP contribution in [0.3, 0.4) is 0 Å². The number of rotatable bonds is 1. The zero-order valence-corrected chi connectivity index (χ0v) is 6.22. The maximum absolute atomic E-state index is 8.40. The SMILES string of the molecule is CSc1cncc(C#N)n1. The summed E-state index contributed by atoms with van der Waals surface area (Å²) in [4.78, 5) is 7.77. The van der Waals surface area contributed by atoms with Crippen LogP contribution in [0, 0.1) is 11.3 Å². The van der Waals surface area contributed by atoms with Crippen LogP contribution in [0.5, 0.6) is 0 Å². The molecule has 0 unspecified atom stereocenters. The van der Waals surface area contributed by atoms with Crippen LogP contribution in [-0.4, -0.2) is 16.2 Å². The molecule has 0 saturated carbocycles. The van der Waals surface area contributed by atoms with Crippen molar-refractivity contribution in [2.75, 3.05) is 6.26 Å². The highest BCUT2D eigenvalue weighted by atomic mass is 32.2. The summed E-state index contributed by atoms with van der Waals surface area (Å²) in [5, 5.41) is 9.17. The average Bonchev–Trinajstić information content (AvgIpc) is 2.05. The van der Waals surface area contributed by atoms with E-state index in [9.17, 15) is 0 Å². The van der Waals surface area contributed by atoms with Crippen molar-refractivity contribution in [3.8, 4) is 6.07 Å². The lowest BCUT2D eigenvalue weighted by atomic mass is 10.5. The molecule has 0 saturated heterocycles. The first-order valence-corrected chi connectivity index (χ1v) is 3.85. The standard InChI is InChI=1S/C6H5N3S/c1-10-6-4-8-3-5(2-7)9-6/h3-4H,1H3. The first kappa shape index (κ1) is 7.03. The zero-order valence-electron chi connectivity index (χ0n) is 5.40. The molecule has 0 aliphatic carbocycles. The van der Waals surface area contributed by atoms with Gasteiger partial charge in [0.1, 0.15) is 11.1 Å². The Morgan fingerprint density at radius 1 is 1.60 bits per heavy atom. The third kappa shape index (κ3) is 1.45. The smallest absolute Gasteiger partial charge is 0.160 e. The average molecular weight is 151 g/mol. The number of thioether (sulfide) groups is 1. The van der Waals surface area contributed by atoms with Gasteiger partial charge in [-0.25, -0.2) is 4.98 Å². The Balaban J connectivity index is 3.01. The number of aromatic nitrogens is 2. The van der Waals surface area contributed by atoms with Crippen molar-refractivity contribution in [3.63, 3.8) is 0 Å². The molecule has 4 heteroatoms. The first-order valence-electron chi connectivity index (χ1n) is 2.63. The van der Waals surface area contributed by atoms with E-state index in [1.165, 1.54) is 18.0 Å². The van der Waals surface area contributed by atoms with Crippen LogP contribution in [0.1, 0.15) is 5.69 Å². The Bertz CT molecular complexity index is 266. The van der Waals surface area contributed by atoms with Crippen molar-refractivity contribution >= 4 is 11.8 Å². The summed E-state index contributed by atoms with van der Waals surface area (Å²) in [6, 6.07) is 1.91. The van der Waals surface area contributed by atoms with Gasteiger partial charge in [-0.1, -0.05) is 0 Å². The molecule has 0 fully saturated rings. The molecule has 1 aromatic heterocycles. The minimum Gasteiger partial charge on any atom is -0.259 e. The van der Waals surface area contributed by atoms with Crippen molar-refractivity contribution in [2.24, 2.45) is 0 Å². The van der Waals surface area contributed by atoms with Gasteiger partial charge in [-0.15, -0.1) is 11.8 Å². The second kappa shape index (κ2) is 3.18. The Hall–Kier alpha value is -1.08. The monoisotopic (exact) mass is 151 g/mol. The Morgan fingerprint density at radius 3 is 3.00 bits per heavy atom. The summed E-state index contributed by atoms with van der Waals surface area (Å²) in [5.74, 6) is 0. The molecule has 0 aromatic carbocycles. The summed E-state index contributed by atoms with van der Waals surface area (Å²) in [6.07, 6.45) is 4.97. The van der Waals surface area contributed by atoms with Gasteiger partial charge in [-0.3, -0.25) is 4.98 Å². The molecule has 0 atom stereocenters. The molecule has 1 heterocycles. The van der Waals surface area contributed by atoms with Crippen LogP contribution in [0.4, 0.5) is 0 Å². The second-order valence-electron chi connectivity index (χ2n) is 1.56. The molecule has 3 nitrogen and oxygen atoms in total. The molecule has 1 aromatic rings. The van der Waals surface area contributed by atoms with Gasteiger partial charge in [0.15, 0.2) is 5.69 Å². The highest BCUT2D eigenvalue weighted by molar-refractivity contribution is 7.98.